The van der Waals surface area contributed by atoms with Gasteiger partial charge in [0.2, 0.25) is 5.16 Å². The van der Waals surface area contributed by atoms with E-state index in [4.69, 9.17) is 10.6 Å². The van der Waals surface area contributed by atoms with Gasteiger partial charge in [0.05, 0.1) is 11.2 Å². The molecule has 1 aliphatic heterocycles. The molecule has 0 amide bonds. The molecule has 2 aromatic rings. The predicted octanol–water partition coefficient (Wildman–Crippen LogP) is 1.99. The highest BCUT2D eigenvalue weighted by Crippen LogP contribution is 2.27. The molecule has 1 saturated heterocycles. The molecule has 3 rings (SSSR count). The Morgan fingerprint density at radius 3 is 2.95 bits per heavy atom. The summed E-state index contributed by atoms with van der Waals surface area (Å²) in [6.45, 7) is 3.61. The van der Waals surface area contributed by atoms with Gasteiger partial charge in [-0.2, -0.15) is 0 Å². The molecule has 6 nitrogen and oxygen atoms in total. The Balaban J connectivity index is 1.58. The summed E-state index contributed by atoms with van der Waals surface area (Å²) in [6.07, 6.45) is 2.93. The summed E-state index contributed by atoms with van der Waals surface area (Å²) < 4.78 is 7.03. The van der Waals surface area contributed by atoms with Crippen molar-refractivity contribution in [1.29, 1.82) is 0 Å². The molecule has 0 aromatic carbocycles. The molecule has 8 heteroatoms. The molecule has 0 unspecified atom stereocenters. The smallest absolute Gasteiger partial charge is 0.209 e. The Bertz CT molecular complexity index is 591. The van der Waals surface area contributed by atoms with Gasteiger partial charge < -0.3 is 10.6 Å². The molecule has 2 aromatic heterocycles. The van der Waals surface area contributed by atoms with Crippen molar-refractivity contribution in [2.24, 2.45) is 0 Å². The second kappa shape index (κ2) is 6.76. The number of rotatable bonds is 5. The highest BCUT2D eigenvalue weighted by atomic mass is 32.2. The van der Waals surface area contributed by atoms with E-state index in [2.05, 4.69) is 15.2 Å². The third-order valence-electron chi connectivity index (χ3n) is 3.68. The van der Waals surface area contributed by atoms with Crippen LogP contribution < -0.4 is 5.84 Å². The molecule has 0 atom stereocenters. The van der Waals surface area contributed by atoms with Crippen LogP contribution in [0.5, 0.6) is 0 Å². The van der Waals surface area contributed by atoms with Crippen LogP contribution in [0.1, 0.15) is 35.2 Å². The van der Waals surface area contributed by atoms with Gasteiger partial charge in [-0.3, -0.25) is 0 Å². The van der Waals surface area contributed by atoms with E-state index in [0.29, 0.717) is 5.92 Å². The number of hydrogen-bond acceptors (Lipinski definition) is 7. The summed E-state index contributed by atoms with van der Waals surface area (Å²) >= 11 is 3.36. The maximum Gasteiger partial charge on any atom is 0.209 e. The van der Waals surface area contributed by atoms with Gasteiger partial charge in [-0.15, -0.1) is 21.5 Å². The number of ether oxygens (including phenoxy) is 1. The van der Waals surface area contributed by atoms with Crippen LogP contribution >= 0.6 is 23.1 Å². The minimum atomic E-state index is 0.370. The number of nitrogens with two attached hydrogens (primary N) is 1. The van der Waals surface area contributed by atoms with Gasteiger partial charge in [0, 0.05) is 29.8 Å². The van der Waals surface area contributed by atoms with Gasteiger partial charge in [-0.25, -0.2) is 9.66 Å². The molecular formula is C13H19N5OS2. The van der Waals surface area contributed by atoms with Crippen LogP contribution in [0.25, 0.3) is 0 Å². The average molecular weight is 325 g/mol. The summed E-state index contributed by atoms with van der Waals surface area (Å²) in [4.78, 5) is 5.59. The standard InChI is InChI=1S/C13H19N5OS2/c1-9-11(21-8-15-9)4-7-20-13-17-16-12(18(13)14)10-2-5-19-6-3-10/h8,10H,2-7,14H2,1H3. The number of nitrogens with zero attached hydrogens (tertiary/aromatic N) is 4. The third kappa shape index (κ3) is 3.38. The normalized spacial score (nSPS) is 16.4. The van der Waals surface area contributed by atoms with E-state index in [9.17, 15) is 0 Å². The maximum atomic E-state index is 6.14. The van der Waals surface area contributed by atoms with Gasteiger partial charge in [0.1, 0.15) is 0 Å². The van der Waals surface area contributed by atoms with Crippen LogP contribution in [0.2, 0.25) is 0 Å². The average Bonchev–Trinajstić information content (AvgIpc) is 3.07. The van der Waals surface area contributed by atoms with Crippen LogP contribution in [-0.2, 0) is 11.2 Å². The molecule has 0 saturated carbocycles. The predicted molar refractivity (Wildman–Crippen MR) is 84.2 cm³/mol. The van der Waals surface area contributed by atoms with Crippen molar-refractivity contribution in [3.8, 4) is 0 Å². The Morgan fingerprint density at radius 2 is 2.24 bits per heavy atom. The summed E-state index contributed by atoms with van der Waals surface area (Å²) in [6, 6.07) is 0. The van der Waals surface area contributed by atoms with E-state index in [1.165, 1.54) is 4.88 Å². The Hall–Kier alpha value is -1.12. The Kier molecular flexibility index (Phi) is 4.77. The number of thiazole rings is 1. The van der Waals surface area contributed by atoms with Crippen molar-refractivity contribution in [2.75, 3.05) is 24.8 Å². The summed E-state index contributed by atoms with van der Waals surface area (Å²) in [7, 11) is 0. The largest absolute Gasteiger partial charge is 0.381 e. The quantitative estimate of drug-likeness (QED) is 0.669. The number of aryl methyl sites for hydroxylation is 2. The van der Waals surface area contributed by atoms with Gasteiger partial charge in [-0.05, 0) is 26.2 Å². The lowest BCUT2D eigenvalue weighted by Gasteiger charge is -2.20. The van der Waals surface area contributed by atoms with Crippen molar-refractivity contribution in [3.05, 3.63) is 21.9 Å². The topological polar surface area (TPSA) is 78.9 Å². The molecule has 0 radical (unpaired) electrons. The van der Waals surface area contributed by atoms with Crippen LogP contribution in [0, 0.1) is 6.92 Å². The molecule has 0 spiro atoms. The molecule has 21 heavy (non-hydrogen) atoms. The highest BCUT2D eigenvalue weighted by molar-refractivity contribution is 7.99. The van der Waals surface area contributed by atoms with E-state index < -0.39 is 0 Å². The summed E-state index contributed by atoms with van der Waals surface area (Å²) in [5.74, 6) is 8.33. The molecule has 1 fully saturated rings. The first-order chi connectivity index (χ1) is 10.3. The van der Waals surface area contributed by atoms with E-state index in [0.717, 1.165) is 54.9 Å². The lowest BCUT2D eigenvalue weighted by atomic mass is 10.00. The summed E-state index contributed by atoms with van der Waals surface area (Å²) in [5.41, 5.74) is 3.02. The number of hydrogen-bond donors (Lipinski definition) is 1. The highest BCUT2D eigenvalue weighted by Gasteiger charge is 2.22. The van der Waals surface area contributed by atoms with Gasteiger partial charge in [0.15, 0.2) is 5.82 Å². The van der Waals surface area contributed by atoms with Crippen LogP contribution in [0.15, 0.2) is 10.7 Å². The van der Waals surface area contributed by atoms with Crippen LogP contribution in [0.3, 0.4) is 0 Å². The fraction of sp³-hybridized carbons (Fsp3) is 0.615. The zero-order chi connectivity index (χ0) is 14.7. The zero-order valence-corrected chi connectivity index (χ0v) is 13.6. The number of nitrogen functional groups attached to an aromatic ring is 1. The first-order valence-corrected chi connectivity index (χ1v) is 8.92. The Morgan fingerprint density at radius 1 is 1.43 bits per heavy atom. The van der Waals surface area contributed by atoms with Crippen molar-refractivity contribution in [2.45, 2.75) is 37.3 Å². The van der Waals surface area contributed by atoms with Crippen LogP contribution in [-0.4, -0.2) is 38.8 Å². The minimum absolute atomic E-state index is 0.370. The Labute approximate surface area is 132 Å². The lowest BCUT2D eigenvalue weighted by molar-refractivity contribution is 0.0830. The number of thioether (sulfide) groups is 1. The monoisotopic (exact) mass is 325 g/mol. The maximum absolute atomic E-state index is 6.14. The van der Waals surface area contributed by atoms with E-state index >= 15 is 0 Å². The molecule has 0 aliphatic carbocycles. The molecule has 3 heterocycles. The van der Waals surface area contributed by atoms with Gasteiger partial charge >= 0.3 is 0 Å². The van der Waals surface area contributed by atoms with E-state index in [1.807, 2.05) is 12.4 Å². The van der Waals surface area contributed by atoms with E-state index in [-0.39, 0.29) is 0 Å². The lowest BCUT2D eigenvalue weighted by Crippen LogP contribution is -2.22. The second-order valence-electron chi connectivity index (χ2n) is 5.06. The SMILES string of the molecule is Cc1ncsc1CCSc1nnc(C2CCOCC2)n1N. The fourth-order valence-corrected chi connectivity index (χ4v) is 4.15. The molecule has 114 valence electrons. The van der Waals surface area contributed by atoms with Crippen molar-refractivity contribution in [1.82, 2.24) is 19.9 Å². The molecule has 2 N–H and O–H groups in total. The van der Waals surface area contributed by atoms with Gasteiger partial charge in [0.25, 0.3) is 0 Å². The third-order valence-corrected chi connectivity index (χ3v) is 5.62. The molecule has 0 bridgehead atoms. The molecule has 1 aliphatic rings. The first kappa shape index (κ1) is 14.8. The zero-order valence-electron chi connectivity index (χ0n) is 12.0. The minimum Gasteiger partial charge on any atom is -0.381 e. The van der Waals surface area contributed by atoms with Gasteiger partial charge in [-0.1, -0.05) is 11.8 Å². The first-order valence-electron chi connectivity index (χ1n) is 7.05. The summed E-state index contributed by atoms with van der Waals surface area (Å²) in [5, 5.41) is 9.29. The fourth-order valence-electron chi connectivity index (χ4n) is 2.42. The molecular weight excluding hydrogens is 306 g/mol. The number of aromatic nitrogens is 4. The van der Waals surface area contributed by atoms with Crippen molar-refractivity contribution >= 4 is 23.1 Å². The van der Waals surface area contributed by atoms with Crippen molar-refractivity contribution < 1.29 is 4.74 Å². The van der Waals surface area contributed by atoms with E-state index in [1.54, 1.807) is 27.8 Å². The van der Waals surface area contributed by atoms with Crippen molar-refractivity contribution in [3.63, 3.8) is 0 Å². The van der Waals surface area contributed by atoms with Crippen LogP contribution in [0.4, 0.5) is 0 Å². The second-order valence-corrected chi connectivity index (χ2v) is 7.06.